The molecule has 2 rings (SSSR count). The lowest BCUT2D eigenvalue weighted by molar-refractivity contribution is 0.140. The number of hydrogen-bond acceptors (Lipinski definition) is 2. The smallest absolute Gasteiger partial charge is 0.127 e. The van der Waals surface area contributed by atoms with Crippen LogP contribution in [0, 0.1) is 11.7 Å². The van der Waals surface area contributed by atoms with E-state index in [4.69, 9.17) is 0 Å². The molecule has 18 heavy (non-hydrogen) atoms. The monoisotopic (exact) mass is 251 g/mol. The van der Waals surface area contributed by atoms with E-state index in [0.29, 0.717) is 24.6 Å². The zero-order valence-electron chi connectivity index (χ0n) is 10.7. The molecule has 1 unspecified atom stereocenters. The summed E-state index contributed by atoms with van der Waals surface area (Å²) in [5.74, 6) is 0.505. The van der Waals surface area contributed by atoms with Crippen molar-refractivity contribution < 1.29 is 9.50 Å². The lowest BCUT2D eigenvalue weighted by Gasteiger charge is -2.16. The van der Waals surface area contributed by atoms with Crippen LogP contribution in [0.15, 0.2) is 24.3 Å². The maximum Gasteiger partial charge on any atom is 0.127 e. The second-order valence-electron chi connectivity index (χ2n) is 5.26. The molecule has 3 heteroatoms. The molecule has 0 spiro atoms. The van der Waals surface area contributed by atoms with E-state index in [-0.39, 0.29) is 11.9 Å². The standard InChI is InChI=1S/C15H22FNO/c16-15-8-4-3-7-13(15)10-17-11-14(18)9-12-5-1-2-6-12/h3-4,7-8,12,14,17-18H,1-2,5-6,9-11H2. The summed E-state index contributed by atoms with van der Waals surface area (Å²) in [5, 5.41) is 13.0. The highest BCUT2D eigenvalue weighted by Gasteiger charge is 2.18. The van der Waals surface area contributed by atoms with Gasteiger partial charge < -0.3 is 10.4 Å². The number of aliphatic hydroxyl groups excluding tert-OH is 1. The lowest BCUT2D eigenvalue weighted by atomic mass is 10.00. The molecular weight excluding hydrogens is 229 g/mol. The van der Waals surface area contributed by atoms with Crippen LogP contribution in [0.3, 0.4) is 0 Å². The van der Waals surface area contributed by atoms with Crippen molar-refractivity contribution in [1.82, 2.24) is 5.32 Å². The third kappa shape index (κ3) is 4.07. The molecule has 2 N–H and O–H groups in total. The topological polar surface area (TPSA) is 32.3 Å². The normalized spacial score (nSPS) is 18.1. The molecular formula is C15H22FNO. The van der Waals surface area contributed by atoms with Gasteiger partial charge in [-0.2, -0.15) is 0 Å². The summed E-state index contributed by atoms with van der Waals surface area (Å²) in [4.78, 5) is 0. The van der Waals surface area contributed by atoms with E-state index < -0.39 is 0 Å². The van der Waals surface area contributed by atoms with Crippen molar-refractivity contribution in [3.05, 3.63) is 35.6 Å². The quantitative estimate of drug-likeness (QED) is 0.815. The Labute approximate surface area is 108 Å². The molecule has 1 aliphatic carbocycles. The number of hydrogen-bond donors (Lipinski definition) is 2. The summed E-state index contributed by atoms with van der Waals surface area (Å²) < 4.78 is 13.3. The molecule has 0 radical (unpaired) electrons. The molecule has 0 amide bonds. The maximum absolute atomic E-state index is 13.3. The van der Waals surface area contributed by atoms with Gasteiger partial charge in [-0.1, -0.05) is 43.9 Å². The van der Waals surface area contributed by atoms with Crippen molar-refractivity contribution in [2.24, 2.45) is 5.92 Å². The Kier molecular flexibility index (Phi) is 5.14. The van der Waals surface area contributed by atoms with Crippen molar-refractivity contribution in [1.29, 1.82) is 0 Å². The van der Waals surface area contributed by atoms with Gasteiger partial charge in [0, 0.05) is 18.7 Å². The highest BCUT2D eigenvalue weighted by Crippen LogP contribution is 2.28. The predicted molar refractivity (Wildman–Crippen MR) is 70.7 cm³/mol. The van der Waals surface area contributed by atoms with E-state index in [1.807, 2.05) is 6.07 Å². The third-order valence-electron chi connectivity index (χ3n) is 3.73. The van der Waals surface area contributed by atoms with Gasteiger partial charge in [-0.05, 0) is 18.4 Å². The van der Waals surface area contributed by atoms with Gasteiger partial charge in [0.15, 0.2) is 0 Å². The Morgan fingerprint density at radius 2 is 2.00 bits per heavy atom. The average Bonchev–Trinajstić information content (AvgIpc) is 2.84. The van der Waals surface area contributed by atoms with E-state index in [1.54, 1.807) is 12.1 Å². The van der Waals surface area contributed by atoms with Crippen LogP contribution in [0.1, 0.15) is 37.7 Å². The van der Waals surface area contributed by atoms with Gasteiger partial charge in [-0.3, -0.25) is 0 Å². The minimum Gasteiger partial charge on any atom is -0.392 e. The van der Waals surface area contributed by atoms with E-state index in [2.05, 4.69) is 5.32 Å². The average molecular weight is 251 g/mol. The first-order chi connectivity index (χ1) is 8.75. The van der Waals surface area contributed by atoms with E-state index in [1.165, 1.54) is 31.7 Å². The van der Waals surface area contributed by atoms with Crippen molar-refractivity contribution >= 4 is 0 Å². The van der Waals surface area contributed by atoms with Crippen LogP contribution in [-0.2, 0) is 6.54 Å². The molecule has 1 aromatic rings. The van der Waals surface area contributed by atoms with Crippen LogP contribution < -0.4 is 5.32 Å². The Hall–Kier alpha value is -0.930. The maximum atomic E-state index is 13.3. The fourth-order valence-electron chi connectivity index (χ4n) is 2.73. The molecule has 0 aromatic heterocycles. The first-order valence-electron chi connectivity index (χ1n) is 6.88. The van der Waals surface area contributed by atoms with Crippen molar-refractivity contribution in [3.63, 3.8) is 0 Å². The van der Waals surface area contributed by atoms with E-state index in [9.17, 15) is 9.50 Å². The summed E-state index contributed by atoms with van der Waals surface area (Å²) in [7, 11) is 0. The number of benzene rings is 1. The van der Waals surface area contributed by atoms with Crippen LogP contribution in [-0.4, -0.2) is 17.8 Å². The molecule has 0 saturated heterocycles. The van der Waals surface area contributed by atoms with Gasteiger partial charge in [0.25, 0.3) is 0 Å². The summed E-state index contributed by atoms with van der Waals surface area (Å²) in [6.45, 7) is 1.03. The van der Waals surface area contributed by atoms with Gasteiger partial charge in [-0.15, -0.1) is 0 Å². The molecule has 100 valence electrons. The first kappa shape index (κ1) is 13.5. The molecule has 1 aromatic carbocycles. The fourth-order valence-corrected chi connectivity index (χ4v) is 2.73. The van der Waals surface area contributed by atoms with Crippen LogP contribution in [0.2, 0.25) is 0 Å². The van der Waals surface area contributed by atoms with Gasteiger partial charge >= 0.3 is 0 Å². The zero-order valence-corrected chi connectivity index (χ0v) is 10.7. The fraction of sp³-hybridized carbons (Fsp3) is 0.600. The molecule has 0 heterocycles. The second kappa shape index (κ2) is 6.86. The van der Waals surface area contributed by atoms with E-state index in [0.717, 1.165) is 6.42 Å². The highest BCUT2D eigenvalue weighted by atomic mass is 19.1. The Balaban J connectivity index is 1.67. The van der Waals surface area contributed by atoms with Crippen LogP contribution >= 0.6 is 0 Å². The van der Waals surface area contributed by atoms with Crippen LogP contribution in [0.25, 0.3) is 0 Å². The Bertz CT molecular complexity index is 363. The highest BCUT2D eigenvalue weighted by molar-refractivity contribution is 5.16. The SMILES string of the molecule is OC(CNCc1ccccc1F)CC1CCCC1. The predicted octanol–water partition coefficient (Wildman–Crippen LogP) is 2.86. The second-order valence-corrected chi connectivity index (χ2v) is 5.26. The van der Waals surface area contributed by atoms with Gasteiger partial charge in [0.05, 0.1) is 6.10 Å². The van der Waals surface area contributed by atoms with Gasteiger partial charge in [-0.25, -0.2) is 4.39 Å². The van der Waals surface area contributed by atoms with Gasteiger partial charge in [0.1, 0.15) is 5.82 Å². The van der Waals surface area contributed by atoms with Crippen molar-refractivity contribution in [2.75, 3.05) is 6.54 Å². The molecule has 0 aliphatic heterocycles. The number of nitrogens with one attached hydrogen (secondary N) is 1. The molecule has 1 saturated carbocycles. The zero-order chi connectivity index (χ0) is 12.8. The summed E-state index contributed by atoms with van der Waals surface area (Å²) in [6.07, 6.45) is 5.69. The summed E-state index contributed by atoms with van der Waals surface area (Å²) >= 11 is 0. The number of aliphatic hydroxyl groups is 1. The third-order valence-corrected chi connectivity index (χ3v) is 3.73. The summed E-state index contributed by atoms with van der Waals surface area (Å²) in [6, 6.07) is 6.75. The Morgan fingerprint density at radius 1 is 1.28 bits per heavy atom. The number of rotatable bonds is 6. The molecule has 1 aliphatic rings. The largest absolute Gasteiger partial charge is 0.392 e. The van der Waals surface area contributed by atoms with Crippen LogP contribution in [0.4, 0.5) is 4.39 Å². The summed E-state index contributed by atoms with van der Waals surface area (Å²) in [5.41, 5.74) is 0.658. The number of halogens is 1. The molecule has 1 fully saturated rings. The molecule has 1 atom stereocenters. The molecule has 0 bridgehead atoms. The van der Waals surface area contributed by atoms with Crippen LogP contribution in [0.5, 0.6) is 0 Å². The minimum absolute atomic E-state index is 0.185. The van der Waals surface area contributed by atoms with E-state index >= 15 is 0 Å². The van der Waals surface area contributed by atoms with Gasteiger partial charge in [0.2, 0.25) is 0 Å². The first-order valence-corrected chi connectivity index (χ1v) is 6.88. The molecule has 2 nitrogen and oxygen atoms in total. The minimum atomic E-state index is -0.306. The van der Waals surface area contributed by atoms with Crippen molar-refractivity contribution in [2.45, 2.75) is 44.8 Å². The Morgan fingerprint density at radius 3 is 2.72 bits per heavy atom. The van der Waals surface area contributed by atoms with Crippen molar-refractivity contribution in [3.8, 4) is 0 Å². The lowest BCUT2D eigenvalue weighted by Crippen LogP contribution is -2.28.